The average Bonchev–Trinajstić information content (AvgIpc) is 3.21. The van der Waals surface area contributed by atoms with Crippen LogP contribution in [-0.4, -0.2) is 61.5 Å². The van der Waals surface area contributed by atoms with Gasteiger partial charge in [-0.2, -0.15) is 0 Å². The van der Waals surface area contributed by atoms with Crippen molar-refractivity contribution in [2.24, 2.45) is 23.5 Å². The summed E-state index contributed by atoms with van der Waals surface area (Å²) in [5, 5.41) is 14.4. The molecule has 5 N–H and O–H groups in total. The van der Waals surface area contributed by atoms with Crippen molar-refractivity contribution in [2.75, 3.05) is 20.2 Å². The molecule has 1 aromatic carbocycles. The van der Waals surface area contributed by atoms with E-state index in [2.05, 4.69) is 29.7 Å². The predicted octanol–water partition coefficient (Wildman–Crippen LogP) is 2.52. The molecule has 0 fully saturated rings. The van der Waals surface area contributed by atoms with Crippen molar-refractivity contribution in [2.45, 2.75) is 70.1 Å². The van der Waals surface area contributed by atoms with Crippen molar-refractivity contribution in [3.05, 3.63) is 35.4 Å². The van der Waals surface area contributed by atoms with Crippen LogP contribution in [0.5, 0.6) is 11.5 Å². The Balaban J connectivity index is 1.41. The number of allylic oxidation sites excluding steroid dienone is 1. The van der Waals surface area contributed by atoms with E-state index in [1.54, 1.807) is 21.0 Å². The number of ether oxygens (including phenoxy) is 3. The van der Waals surface area contributed by atoms with Gasteiger partial charge in [0.2, 0.25) is 5.91 Å². The summed E-state index contributed by atoms with van der Waals surface area (Å²) in [5.41, 5.74) is 8.07. The predicted molar refractivity (Wildman–Crippen MR) is 140 cm³/mol. The molecule has 4 rings (SSSR count). The van der Waals surface area contributed by atoms with Crippen LogP contribution in [0.3, 0.4) is 0 Å². The third-order valence-electron chi connectivity index (χ3n) is 8.10. The molecule has 3 aliphatic rings. The standard InChI is InChI=1S/C28H39N3O7/c1-15(2)23(26(33)34)31-21(32)6-5-13-30-27(35)37-20-10-8-18-16(3)14-17-7-9-19(36-4)24-22(17)28(18,11-12-29)25(20)38-24/h7-10,15-16,18,20,23,25H,5-6,11-14,29H2,1-4H3,(H,30,35)(H,31,32)(H,33,34). The second-order valence-corrected chi connectivity index (χ2v) is 10.9. The average molecular weight is 530 g/mol. The van der Waals surface area contributed by atoms with Crippen molar-refractivity contribution in [1.29, 1.82) is 0 Å². The maximum Gasteiger partial charge on any atom is 0.407 e. The third kappa shape index (κ3) is 4.93. The molecule has 0 radical (unpaired) electrons. The van der Waals surface area contributed by atoms with Crippen molar-refractivity contribution in [3.63, 3.8) is 0 Å². The number of carboxylic acids is 1. The molecule has 2 amide bonds. The number of carbonyl (C=O) groups is 3. The van der Waals surface area contributed by atoms with Gasteiger partial charge in [0, 0.05) is 23.9 Å². The van der Waals surface area contributed by atoms with E-state index in [0.29, 0.717) is 36.8 Å². The van der Waals surface area contributed by atoms with Crippen molar-refractivity contribution in [1.82, 2.24) is 10.6 Å². The molecular weight excluding hydrogens is 490 g/mol. The van der Waals surface area contributed by atoms with Gasteiger partial charge in [-0.1, -0.05) is 32.9 Å². The number of carbonyl (C=O) groups excluding carboxylic acids is 2. The molecule has 0 saturated carbocycles. The minimum Gasteiger partial charge on any atom is -0.493 e. The summed E-state index contributed by atoms with van der Waals surface area (Å²) in [5.74, 6) is 0.254. The molecule has 208 valence electrons. The minimum atomic E-state index is -1.07. The summed E-state index contributed by atoms with van der Waals surface area (Å²) in [6.45, 7) is 6.37. The van der Waals surface area contributed by atoms with E-state index in [1.807, 2.05) is 12.1 Å². The van der Waals surface area contributed by atoms with Crippen LogP contribution in [0.25, 0.3) is 0 Å². The number of amides is 2. The van der Waals surface area contributed by atoms with Gasteiger partial charge in [0.15, 0.2) is 17.6 Å². The van der Waals surface area contributed by atoms with Gasteiger partial charge in [-0.25, -0.2) is 9.59 Å². The monoisotopic (exact) mass is 529 g/mol. The molecule has 10 nitrogen and oxygen atoms in total. The topological polar surface area (TPSA) is 149 Å². The van der Waals surface area contributed by atoms with Crippen LogP contribution < -0.4 is 25.8 Å². The molecule has 1 heterocycles. The third-order valence-corrected chi connectivity index (χ3v) is 8.10. The Kier molecular flexibility index (Phi) is 8.20. The molecule has 1 aromatic rings. The highest BCUT2D eigenvalue weighted by Crippen LogP contribution is 2.61. The summed E-state index contributed by atoms with van der Waals surface area (Å²) < 4.78 is 18.0. The Morgan fingerprint density at radius 3 is 2.68 bits per heavy atom. The zero-order valence-corrected chi connectivity index (χ0v) is 22.5. The van der Waals surface area contributed by atoms with E-state index in [1.165, 1.54) is 5.56 Å². The van der Waals surface area contributed by atoms with Gasteiger partial charge in [0.1, 0.15) is 12.1 Å². The van der Waals surface area contributed by atoms with Gasteiger partial charge in [-0.05, 0) is 61.3 Å². The normalized spacial score (nSPS) is 27.2. The van der Waals surface area contributed by atoms with Crippen LogP contribution in [-0.2, 0) is 26.2 Å². The Morgan fingerprint density at radius 1 is 1.26 bits per heavy atom. The molecule has 0 saturated heterocycles. The number of hydrogen-bond donors (Lipinski definition) is 4. The highest BCUT2D eigenvalue weighted by atomic mass is 16.6. The highest BCUT2D eigenvalue weighted by molar-refractivity contribution is 5.83. The molecule has 6 unspecified atom stereocenters. The van der Waals surface area contributed by atoms with E-state index in [0.717, 1.165) is 12.0 Å². The first kappa shape index (κ1) is 27.8. The summed E-state index contributed by atoms with van der Waals surface area (Å²) in [7, 11) is 1.62. The van der Waals surface area contributed by atoms with E-state index in [-0.39, 0.29) is 30.7 Å². The van der Waals surface area contributed by atoms with Gasteiger partial charge in [0.25, 0.3) is 0 Å². The van der Waals surface area contributed by atoms with Gasteiger partial charge in [-0.3, -0.25) is 4.79 Å². The molecule has 0 spiro atoms. The van der Waals surface area contributed by atoms with Crippen LogP contribution in [0, 0.1) is 17.8 Å². The Hall–Kier alpha value is -3.27. The van der Waals surface area contributed by atoms with Gasteiger partial charge in [0.05, 0.1) is 7.11 Å². The molecule has 0 aromatic heterocycles. The fourth-order valence-corrected chi connectivity index (χ4v) is 6.46. The Bertz CT molecular complexity index is 1100. The van der Waals surface area contributed by atoms with Crippen LogP contribution in [0.1, 0.15) is 51.2 Å². The first-order chi connectivity index (χ1) is 18.1. The van der Waals surface area contributed by atoms with E-state index in [9.17, 15) is 19.5 Å². The number of methoxy groups -OCH3 is 1. The van der Waals surface area contributed by atoms with Crippen LogP contribution >= 0.6 is 0 Å². The maximum atomic E-state index is 12.7. The second kappa shape index (κ2) is 11.2. The number of carboxylic acid groups (broad SMARTS) is 1. The summed E-state index contributed by atoms with van der Waals surface area (Å²) in [6.07, 6.45) is 4.43. The maximum absolute atomic E-state index is 12.7. The van der Waals surface area contributed by atoms with Gasteiger partial charge < -0.3 is 35.7 Å². The number of rotatable bonds is 11. The summed E-state index contributed by atoms with van der Waals surface area (Å²) in [4.78, 5) is 36.1. The quantitative estimate of drug-likeness (QED) is 0.252. The Morgan fingerprint density at radius 2 is 2.03 bits per heavy atom. The number of nitrogens with two attached hydrogens (primary N) is 1. The van der Waals surface area contributed by atoms with Crippen LogP contribution in [0.2, 0.25) is 0 Å². The number of nitrogens with one attached hydrogen (secondary N) is 2. The molecular formula is C28H39N3O7. The first-order valence-corrected chi connectivity index (χ1v) is 13.4. The summed E-state index contributed by atoms with van der Waals surface area (Å²) in [6, 6.07) is 3.09. The van der Waals surface area contributed by atoms with E-state index >= 15 is 0 Å². The fraction of sp³-hybridized carbons (Fsp3) is 0.607. The van der Waals surface area contributed by atoms with Gasteiger partial charge >= 0.3 is 12.1 Å². The number of hydrogen-bond acceptors (Lipinski definition) is 7. The SMILES string of the molecule is COc1ccc2c3c1OC1C(OC(=O)NCCCC(=O)NC(C(=O)O)C(C)C)C=CC(C(C)C2)C31CCN. The highest BCUT2D eigenvalue weighted by Gasteiger charge is 2.62. The zero-order chi connectivity index (χ0) is 27.6. The molecule has 1 aliphatic heterocycles. The lowest BCUT2D eigenvalue weighted by Crippen LogP contribution is -2.57. The lowest BCUT2D eigenvalue weighted by molar-refractivity contribution is -0.143. The largest absolute Gasteiger partial charge is 0.493 e. The molecule has 6 atom stereocenters. The smallest absolute Gasteiger partial charge is 0.407 e. The molecule has 38 heavy (non-hydrogen) atoms. The number of aliphatic carboxylic acids is 1. The molecule has 10 heteroatoms. The number of benzene rings is 1. The zero-order valence-electron chi connectivity index (χ0n) is 22.5. The fourth-order valence-electron chi connectivity index (χ4n) is 6.46. The minimum absolute atomic E-state index is 0.0862. The number of alkyl carbamates (subject to hydrolysis) is 1. The van der Waals surface area contributed by atoms with E-state index in [4.69, 9.17) is 19.9 Å². The first-order valence-electron chi connectivity index (χ1n) is 13.4. The lowest BCUT2D eigenvalue weighted by Gasteiger charge is -2.50. The van der Waals surface area contributed by atoms with Crippen molar-refractivity contribution in [3.8, 4) is 11.5 Å². The molecule has 2 aliphatic carbocycles. The Labute approximate surface area is 223 Å². The van der Waals surface area contributed by atoms with Gasteiger partial charge in [-0.15, -0.1) is 0 Å². The molecule has 0 bridgehead atoms. The van der Waals surface area contributed by atoms with Crippen molar-refractivity contribution >= 4 is 18.0 Å². The second-order valence-electron chi connectivity index (χ2n) is 10.9. The summed E-state index contributed by atoms with van der Waals surface area (Å²) >= 11 is 0. The lowest BCUT2D eigenvalue weighted by atomic mass is 9.54. The van der Waals surface area contributed by atoms with Crippen LogP contribution in [0.4, 0.5) is 4.79 Å². The van der Waals surface area contributed by atoms with Crippen LogP contribution in [0.15, 0.2) is 24.3 Å². The van der Waals surface area contributed by atoms with Crippen molar-refractivity contribution < 1.29 is 33.7 Å². The van der Waals surface area contributed by atoms with E-state index < -0.39 is 35.7 Å².